The van der Waals surface area contributed by atoms with Crippen LogP contribution in [-0.2, 0) is 16.0 Å². The van der Waals surface area contributed by atoms with Crippen molar-refractivity contribution in [2.45, 2.75) is 70.9 Å². The summed E-state index contributed by atoms with van der Waals surface area (Å²) in [5, 5.41) is 12.1. The molecular weight excluding hydrogens is 479 g/mol. The third-order valence-corrected chi connectivity index (χ3v) is 7.35. The number of aryl methyl sites for hydroxylation is 2. The van der Waals surface area contributed by atoms with E-state index in [2.05, 4.69) is 12.2 Å². The molecule has 0 aromatic heterocycles. The first-order chi connectivity index (χ1) is 17.3. The molecule has 1 unspecified atom stereocenters. The first-order valence-corrected chi connectivity index (χ1v) is 14.1. The second-order valence-electron chi connectivity index (χ2n) is 9.26. The molecule has 0 spiro atoms. The smallest absolute Gasteiger partial charge is 1.00 e. The van der Waals surface area contributed by atoms with E-state index in [0.29, 0.717) is 23.8 Å². The summed E-state index contributed by atoms with van der Waals surface area (Å²) in [4.78, 5) is 36.4. The van der Waals surface area contributed by atoms with Crippen LogP contribution >= 0.6 is 11.8 Å². The van der Waals surface area contributed by atoms with Gasteiger partial charge in [-0.3, -0.25) is 9.59 Å². The number of benzene rings is 2. The molecule has 6 nitrogen and oxygen atoms in total. The van der Waals surface area contributed by atoms with Gasteiger partial charge in [-0.05, 0) is 72.9 Å². The number of carbonyl (C=O) groups excluding carboxylic acids is 2. The Morgan fingerprint density at radius 1 is 1.16 bits per heavy atom. The largest absolute Gasteiger partial charge is 1.00 e. The number of hydrogen-bond acceptors (Lipinski definition) is 4. The van der Waals surface area contributed by atoms with Crippen molar-refractivity contribution in [2.75, 3.05) is 19.1 Å². The number of carboxylic acid groups (broad SMARTS) is 1. The van der Waals surface area contributed by atoms with E-state index in [9.17, 15) is 19.5 Å². The van der Waals surface area contributed by atoms with Crippen molar-refractivity contribution < 1.29 is 39.8 Å². The second kappa shape index (κ2) is 17.3. The van der Waals surface area contributed by atoms with Gasteiger partial charge in [-0.2, -0.15) is 11.8 Å². The van der Waals surface area contributed by atoms with Crippen LogP contribution < -0.4 is 24.2 Å². The average molecular weight is 521 g/mol. The fourth-order valence-corrected chi connectivity index (χ4v) is 4.88. The maximum absolute atomic E-state index is 12.8. The van der Waals surface area contributed by atoms with Crippen molar-refractivity contribution in [2.24, 2.45) is 0 Å². The van der Waals surface area contributed by atoms with Crippen LogP contribution in [0.2, 0.25) is 0 Å². The van der Waals surface area contributed by atoms with Crippen molar-refractivity contribution in [3.8, 4) is 11.1 Å². The summed E-state index contributed by atoms with van der Waals surface area (Å²) in [5.74, 6) is -0.675. The molecule has 2 aromatic carbocycles. The van der Waals surface area contributed by atoms with Gasteiger partial charge < -0.3 is 16.7 Å². The number of hydrogen-bond donors (Lipinski definition) is 2. The Labute approximate surface area is 239 Å². The van der Waals surface area contributed by atoms with Gasteiger partial charge in [0.15, 0.2) is 0 Å². The zero-order chi connectivity index (χ0) is 26.5. The predicted octanol–water partition coefficient (Wildman–Crippen LogP) is 2.68. The van der Waals surface area contributed by atoms with E-state index in [1.165, 1.54) is 32.1 Å². The normalized spacial score (nSPS) is 13.8. The maximum Gasteiger partial charge on any atom is 1.00 e. The van der Waals surface area contributed by atoms with Crippen LogP contribution in [0.3, 0.4) is 0 Å². The third kappa shape index (κ3) is 10.2. The zero-order valence-corrected chi connectivity index (χ0v) is 23.8. The zero-order valence-electron chi connectivity index (χ0n) is 24.0. The molecule has 2 N–H and O–H groups in total. The molecule has 37 heavy (non-hydrogen) atoms. The minimum absolute atomic E-state index is 0. The maximum atomic E-state index is 12.8. The van der Waals surface area contributed by atoms with Crippen molar-refractivity contribution in [1.29, 1.82) is 0 Å². The number of thioether (sulfide) groups is 1. The molecule has 1 fully saturated rings. The quantitative estimate of drug-likeness (QED) is 0.372. The molecule has 2 aromatic rings. The number of carboxylic acids is 1. The molecular formula is C29H41LiN2O4S. The van der Waals surface area contributed by atoms with Crippen LogP contribution in [-0.4, -0.2) is 59.4 Å². The van der Waals surface area contributed by atoms with Gasteiger partial charge in [0.2, 0.25) is 6.41 Å². The Balaban J connectivity index is 0.000000965. The topological polar surface area (TPSA) is 86.7 Å². The van der Waals surface area contributed by atoms with Crippen LogP contribution in [0.15, 0.2) is 42.5 Å². The SMILES string of the molecule is CCc1ccc(C(=O)NC(CCSC)C(=O)O)c(-c2ccccc2C)c1.CN(C=O)C1CCCCC1.[H-].[Li+]. The summed E-state index contributed by atoms with van der Waals surface area (Å²) < 4.78 is 0. The van der Waals surface area contributed by atoms with E-state index in [4.69, 9.17) is 0 Å². The Morgan fingerprint density at radius 3 is 2.41 bits per heavy atom. The van der Waals surface area contributed by atoms with Crippen LogP contribution in [0.1, 0.15) is 68.4 Å². The molecule has 198 valence electrons. The second-order valence-corrected chi connectivity index (χ2v) is 10.2. The Kier molecular flexibility index (Phi) is 15.4. The standard InChI is InChI=1S/C21H25NO3S.C8H15NO.Li.H/c1-4-15-9-10-17(18(13-15)16-8-6-5-7-14(16)2)20(23)22-19(21(24)25)11-12-26-3;1-9(7-10)8-5-3-2-4-6-8;;/h5-10,13,19H,4,11-12H2,1-3H3,(H,22,23)(H,24,25);7-8H,2-6H2,1H3;;/q;;+1;-1. The van der Waals surface area contributed by atoms with E-state index in [1.54, 1.807) is 22.7 Å². The molecule has 2 amide bonds. The van der Waals surface area contributed by atoms with Crippen molar-refractivity contribution >= 4 is 30.0 Å². The Morgan fingerprint density at radius 2 is 1.84 bits per heavy atom. The summed E-state index contributed by atoms with van der Waals surface area (Å²) >= 11 is 1.56. The van der Waals surface area contributed by atoms with Crippen LogP contribution in [0.5, 0.6) is 0 Å². The molecule has 0 heterocycles. The van der Waals surface area contributed by atoms with E-state index in [-0.39, 0.29) is 26.2 Å². The minimum Gasteiger partial charge on any atom is -1.00 e. The first-order valence-electron chi connectivity index (χ1n) is 12.7. The van der Waals surface area contributed by atoms with Crippen LogP contribution in [0.25, 0.3) is 11.1 Å². The van der Waals surface area contributed by atoms with Gasteiger partial charge in [-0.25, -0.2) is 4.79 Å². The number of rotatable bonds is 10. The van der Waals surface area contributed by atoms with Gasteiger partial charge in [0.25, 0.3) is 5.91 Å². The number of aliphatic carboxylic acids is 1. The van der Waals surface area contributed by atoms with Crippen LogP contribution in [0, 0.1) is 6.92 Å². The third-order valence-electron chi connectivity index (χ3n) is 6.70. The van der Waals surface area contributed by atoms with E-state index < -0.39 is 12.0 Å². The van der Waals surface area contributed by atoms with Gasteiger partial charge in [0.05, 0.1) is 0 Å². The number of carbonyl (C=O) groups is 3. The van der Waals surface area contributed by atoms with E-state index in [0.717, 1.165) is 35.1 Å². The van der Waals surface area contributed by atoms with Gasteiger partial charge >= 0.3 is 24.8 Å². The van der Waals surface area contributed by atoms with Crippen molar-refractivity contribution in [3.05, 3.63) is 59.2 Å². The monoisotopic (exact) mass is 520 g/mol. The number of nitrogens with zero attached hydrogens (tertiary/aromatic N) is 1. The van der Waals surface area contributed by atoms with Gasteiger partial charge in [0.1, 0.15) is 6.04 Å². The molecule has 1 aliphatic carbocycles. The van der Waals surface area contributed by atoms with Gasteiger partial charge in [-0.1, -0.05) is 62.6 Å². The number of nitrogens with one attached hydrogen (secondary N) is 1. The predicted molar refractivity (Wildman–Crippen MR) is 150 cm³/mol. The fourth-order valence-electron chi connectivity index (χ4n) is 4.41. The summed E-state index contributed by atoms with van der Waals surface area (Å²) in [6, 6.07) is 13.3. The average Bonchev–Trinajstić information content (AvgIpc) is 2.91. The van der Waals surface area contributed by atoms with Crippen molar-refractivity contribution in [3.63, 3.8) is 0 Å². The summed E-state index contributed by atoms with van der Waals surface area (Å²) in [6.45, 7) is 4.08. The molecule has 3 rings (SSSR count). The molecule has 1 saturated carbocycles. The summed E-state index contributed by atoms with van der Waals surface area (Å²) in [6.07, 6.45) is 10.5. The van der Waals surface area contributed by atoms with Gasteiger partial charge in [-0.15, -0.1) is 0 Å². The van der Waals surface area contributed by atoms with Gasteiger partial charge in [0, 0.05) is 18.7 Å². The fraction of sp³-hybridized carbons (Fsp3) is 0.483. The Bertz CT molecular complexity index is 1020. The van der Waals surface area contributed by atoms with E-state index in [1.807, 2.05) is 56.6 Å². The summed E-state index contributed by atoms with van der Waals surface area (Å²) in [7, 11) is 1.88. The molecule has 1 aliphatic rings. The van der Waals surface area contributed by atoms with E-state index >= 15 is 0 Å². The molecule has 0 saturated heterocycles. The molecule has 0 bridgehead atoms. The number of amides is 2. The Hall–Kier alpha value is -2.20. The minimum atomic E-state index is -1.00. The van der Waals surface area contributed by atoms with Crippen molar-refractivity contribution in [1.82, 2.24) is 10.2 Å². The summed E-state index contributed by atoms with van der Waals surface area (Å²) in [5.41, 5.74) is 4.55. The van der Waals surface area contributed by atoms with Crippen LogP contribution in [0.4, 0.5) is 0 Å². The molecule has 1 atom stereocenters. The molecule has 0 radical (unpaired) electrons. The molecule has 8 heteroatoms. The first kappa shape index (κ1) is 32.8. The molecule has 0 aliphatic heterocycles.